The molecular weight excluding hydrogens is 343 g/mol. The minimum absolute atomic E-state index is 0.0776. The Bertz CT molecular complexity index is 925. The summed E-state index contributed by atoms with van der Waals surface area (Å²) in [5.41, 5.74) is 2.45. The predicted molar refractivity (Wildman–Crippen MR) is 100 cm³/mol. The Morgan fingerprint density at radius 3 is 2.89 bits per heavy atom. The fourth-order valence-electron chi connectivity index (χ4n) is 3.51. The molecule has 138 valence electrons. The fourth-order valence-corrected chi connectivity index (χ4v) is 3.51. The van der Waals surface area contributed by atoms with E-state index in [0.29, 0.717) is 6.54 Å². The van der Waals surface area contributed by atoms with E-state index in [2.05, 4.69) is 38.1 Å². The highest BCUT2D eigenvalue weighted by Gasteiger charge is 2.26. The SMILES string of the molecule is O=C(NCC1Cn2cccc2CN1Cc1cccnc1)c1ccccc1F. The van der Waals surface area contributed by atoms with Crippen molar-refractivity contribution in [3.63, 3.8) is 0 Å². The van der Waals surface area contributed by atoms with Gasteiger partial charge in [0.25, 0.3) is 5.91 Å². The summed E-state index contributed by atoms with van der Waals surface area (Å²) in [5, 5.41) is 2.90. The van der Waals surface area contributed by atoms with Crippen LogP contribution in [0, 0.1) is 5.82 Å². The van der Waals surface area contributed by atoms with Gasteiger partial charge < -0.3 is 9.88 Å². The van der Waals surface area contributed by atoms with E-state index in [1.54, 1.807) is 18.3 Å². The first kappa shape index (κ1) is 17.4. The normalized spacial score (nSPS) is 16.7. The minimum Gasteiger partial charge on any atom is -0.350 e. The van der Waals surface area contributed by atoms with Crippen molar-refractivity contribution >= 4 is 5.91 Å². The Balaban J connectivity index is 1.48. The van der Waals surface area contributed by atoms with E-state index in [1.165, 1.54) is 17.8 Å². The van der Waals surface area contributed by atoms with E-state index in [1.807, 2.05) is 18.3 Å². The van der Waals surface area contributed by atoms with E-state index < -0.39 is 5.82 Å². The molecule has 1 aliphatic heterocycles. The lowest BCUT2D eigenvalue weighted by Crippen LogP contribution is -2.48. The van der Waals surface area contributed by atoms with Gasteiger partial charge in [-0.2, -0.15) is 0 Å². The van der Waals surface area contributed by atoms with Crippen molar-refractivity contribution in [2.45, 2.75) is 25.7 Å². The molecule has 6 heteroatoms. The molecule has 1 amide bonds. The van der Waals surface area contributed by atoms with Crippen LogP contribution in [0.3, 0.4) is 0 Å². The van der Waals surface area contributed by atoms with Crippen molar-refractivity contribution in [3.8, 4) is 0 Å². The molecule has 0 bridgehead atoms. The van der Waals surface area contributed by atoms with E-state index in [0.717, 1.165) is 25.2 Å². The molecular formula is C21H21FN4O. The number of aromatic nitrogens is 2. The molecule has 27 heavy (non-hydrogen) atoms. The molecule has 0 fully saturated rings. The van der Waals surface area contributed by atoms with Crippen LogP contribution in [0.5, 0.6) is 0 Å². The monoisotopic (exact) mass is 364 g/mol. The molecule has 0 saturated heterocycles. The first-order chi connectivity index (χ1) is 13.2. The van der Waals surface area contributed by atoms with Crippen molar-refractivity contribution in [3.05, 3.63) is 89.8 Å². The van der Waals surface area contributed by atoms with Crippen LogP contribution >= 0.6 is 0 Å². The third-order valence-electron chi connectivity index (χ3n) is 4.94. The number of halogens is 1. The molecule has 1 atom stereocenters. The molecule has 2 aromatic heterocycles. The van der Waals surface area contributed by atoms with Crippen LogP contribution in [0.4, 0.5) is 4.39 Å². The number of rotatable bonds is 5. The first-order valence-corrected chi connectivity index (χ1v) is 9.00. The van der Waals surface area contributed by atoms with Crippen molar-refractivity contribution in [2.75, 3.05) is 6.54 Å². The van der Waals surface area contributed by atoms with Gasteiger partial charge in [0.05, 0.1) is 5.56 Å². The second-order valence-electron chi connectivity index (χ2n) is 6.76. The Morgan fingerprint density at radius 2 is 2.07 bits per heavy atom. The van der Waals surface area contributed by atoms with Gasteiger partial charge in [-0.3, -0.25) is 14.7 Å². The quantitative estimate of drug-likeness (QED) is 0.757. The number of nitrogens with zero attached hydrogens (tertiary/aromatic N) is 3. The minimum atomic E-state index is -0.501. The molecule has 1 aliphatic rings. The third-order valence-corrected chi connectivity index (χ3v) is 4.94. The van der Waals surface area contributed by atoms with Crippen LogP contribution in [-0.2, 0) is 19.6 Å². The molecule has 0 radical (unpaired) electrons. The van der Waals surface area contributed by atoms with E-state index in [4.69, 9.17) is 0 Å². The maximum atomic E-state index is 13.8. The van der Waals surface area contributed by atoms with Crippen LogP contribution in [-0.4, -0.2) is 32.9 Å². The summed E-state index contributed by atoms with van der Waals surface area (Å²) in [7, 11) is 0. The van der Waals surface area contributed by atoms with Gasteiger partial charge in [0.1, 0.15) is 5.82 Å². The fraction of sp³-hybridized carbons (Fsp3) is 0.238. The highest BCUT2D eigenvalue weighted by atomic mass is 19.1. The number of hydrogen-bond donors (Lipinski definition) is 1. The summed E-state index contributed by atoms with van der Waals surface area (Å²) in [6.45, 7) is 2.77. The summed E-state index contributed by atoms with van der Waals surface area (Å²) in [4.78, 5) is 18.9. The number of pyridine rings is 1. The smallest absolute Gasteiger partial charge is 0.254 e. The molecule has 0 spiro atoms. The van der Waals surface area contributed by atoms with E-state index in [9.17, 15) is 9.18 Å². The average molecular weight is 364 g/mol. The van der Waals surface area contributed by atoms with Crippen LogP contribution in [0.1, 0.15) is 21.6 Å². The number of carbonyl (C=O) groups is 1. The van der Waals surface area contributed by atoms with Gasteiger partial charge in [0, 0.05) is 56.5 Å². The zero-order valence-electron chi connectivity index (χ0n) is 14.9. The lowest BCUT2D eigenvalue weighted by molar-refractivity contribution is 0.0894. The lowest BCUT2D eigenvalue weighted by atomic mass is 10.1. The zero-order chi connectivity index (χ0) is 18.6. The second-order valence-corrected chi connectivity index (χ2v) is 6.76. The van der Waals surface area contributed by atoms with Gasteiger partial charge in [-0.25, -0.2) is 4.39 Å². The maximum absolute atomic E-state index is 13.8. The molecule has 5 nitrogen and oxygen atoms in total. The Morgan fingerprint density at radius 1 is 1.19 bits per heavy atom. The van der Waals surface area contributed by atoms with Crippen molar-refractivity contribution < 1.29 is 9.18 Å². The third kappa shape index (κ3) is 3.90. The standard InChI is InChI=1S/C21H21FN4O/c22-20-8-2-1-7-19(20)21(27)24-12-18-15-25-10-4-6-17(25)14-26(18)13-16-5-3-9-23-11-16/h1-11,18H,12-15H2,(H,24,27). The molecule has 1 unspecified atom stereocenters. The van der Waals surface area contributed by atoms with Gasteiger partial charge in [0.15, 0.2) is 0 Å². The molecule has 4 rings (SSSR count). The van der Waals surface area contributed by atoms with Crippen molar-refractivity contribution in [2.24, 2.45) is 0 Å². The molecule has 1 N–H and O–H groups in total. The van der Waals surface area contributed by atoms with Gasteiger partial charge in [0.2, 0.25) is 0 Å². The van der Waals surface area contributed by atoms with Crippen molar-refractivity contribution in [1.29, 1.82) is 0 Å². The number of benzene rings is 1. The molecule has 3 aromatic rings. The first-order valence-electron chi connectivity index (χ1n) is 9.00. The lowest BCUT2D eigenvalue weighted by Gasteiger charge is -2.37. The number of nitrogens with one attached hydrogen (secondary N) is 1. The van der Waals surface area contributed by atoms with Crippen LogP contribution in [0.25, 0.3) is 0 Å². The zero-order valence-corrected chi connectivity index (χ0v) is 14.9. The van der Waals surface area contributed by atoms with Crippen molar-refractivity contribution in [1.82, 2.24) is 19.8 Å². The number of fused-ring (bicyclic) bond motifs is 1. The topological polar surface area (TPSA) is 50.2 Å². The summed E-state index contributed by atoms with van der Waals surface area (Å²) >= 11 is 0. The van der Waals surface area contributed by atoms with Crippen LogP contribution in [0.2, 0.25) is 0 Å². The number of amides is 1. The van der Waals surface area contributed by atoms with Gasteiger partial charge in [-0.05, 0) is 35.9 Å². The Hall–Kier alpha value is -2.99. The molecule has 0 saturated carbocycles. The van der Waals surface area contributed by atoms with Crippen LogP contribution in [0.15, 0.2) is 67.1 Å². The number of carbonyl (C=O) groups excluding carboxylic acids is 1. The van der Waals surface area contributed by atoms with E-state index in [-0.39, 0.29) is 17.5 Å². The predicted octanol–water partition coefficient (Wildman–Crippen LogP) is 2.84. The second kappa shape index (κ2) is 7.72. The summed E-state index contributed by atoms with van der Waals surface area (Å²) in [6, 6.07) is 14.3. The van der Waals surface area contributed by atoms with Gasteiger partial charge >= 0.3 is 0 Å². The van der Waals surface area contributed by atoms with Gasteiger partial charge in [-0.1, -0.05) is 18.2 Å². The van der Waals surface area contributed by atoms with Crippen LogP contribution < -0.4 is 5.32 Å². The summed E-state index contributed by atoms with van der Waals surface area (Å²) in [6.07, 6.45) is 5.68. The highest BCUT2D eigenvalue weighted by Crippen LogP contribution is 2.20. The Labute approximate surface area is 157 Å². The molecule has 1 aromatic carbocycles. The highest BCUT2D eigenvalue weighted by molar-refractivity contribution is 5.94. The van der Waals surface area contributed by atoms with E-state index >= 15 is 0 Å². The molecule has 3 heterocycles. The Kier molecular flexibility index (Phi) is 4.98. The summed E-state index contributed by atoms with van der Waals surface area (Å²) < 4.78 is 16.1. The average Bonchev–Trinajstić information content (AvgIpc) is 3.14. The maximum Gasteiger partial charge on any atom is 0.254 e. The largest absolute Gasteiger partial charge is 0.350 e. The summed E-state index contributed by atoms with van der Waals surface area (Å²) in [5.74, 6) is -0.883. The van der Waals surface area contributed by atoms with Gasteiger partial charge in [-0.15, -0.1) is 0 Å². The molecule has 0 aliphatic carbocycles. The number of hydrogen-bond acceptors (Lipinski definition) is 3.